The van der Waals surface area contributed by atoms with Crippen LogP contribution in [0.4, 0.5) is 10.1 Å². The van der Waals surface area contributed by atoms with Crippen LogP contribution in [-0.4, -0.2) is 34.3 Å². The Balaban J connectivity index is 1.84. The molecule has 1 aromatic heterocycles. The Hall–Kier alpha value is -4.31. The highest BCUT2D eigenvalue weighted by molar-refractivity contribution is 7.88. The van der Waals surface area contributed by atoms with Gasteiger partial charge in [-0.3, -0.25) is 18.8 Å². The van der Waals surface area contributed by atoms with Crippen LogP contribution in [0.2, 0.25) is 0 Å². The summed E-state index contributed by atoms with van der Waals surface area (Å²) in [6, 6.07) is 15.6. The van der Waals surface area contributed by atoms with Crippen molar-refractivity contribution in [2.24, 2.45) is 0 Å². The summed E-state index contributed by atoms with van der Waals surface area (Å²) in [7, 11) is 0.185. The molecule has 2 aromatic carbocycles. The van der Waals surface area contributed by atoms with Crippen LogP contribution in [0.25, 0.3) is 5.70 Å². The third-order valence-corrected chi connectivity index (χ3v) is 6.86. The molecule has 3 N–H and O–H groups in total. The lowest BCUT2D eigenvalue weighted by atomic mass is 10.1. The molecule has 0 saturated heterocycles. The maximum Gasteiger partial charge on any atom is 0.269 e. The van der Waals surface area contributed by atoms with Gasteiger partial charge < -0.3 is 20.7 Å². The first kappa shape index (κ1) is 29.2. The number of pyridine rings is 1. The number of aromatic nitrogens is 1. The number of ether oxygens (including phenoxy) is 1. The minimum atomic E-state index is -1.34. The molecule has 0 bridgehead atoms. The number of anilines is 1. The second-order valence-electron chi connectivity index (χ2n) is 8.59. The molecule has 2 amide bonds. The molecule has 0 fully saturated rings. The van der Waals surface area contributed by atoms with E-state index in [2.05, 4.69) is 20.9 Å². The molecule has 1 unspecified atom stereocenters. The van der Waals surface area contributed by atoms with Gasteiger partial charge in [-0.05, 0) is 86.0 Å². The van der Waals surface area contributed by atoms with Crippen LogP contribution in [0.15, 0.2) is 83.0 Å². The second kappa shape index (κ2) is 13.5. The maximum absolute atomic E-state index is 13.6. The van der Waals surface area contributed by atoms with Crippen molar-refractivity contribution in [2.75, 3.05) is 18.6 Å². The first-order chi connectivity index (χ1) is 18.6. The van der Waals surface area contributed by atoms with Crippen molar-refractivity contribution in [1.82, 2.24) is 15.6 Å². The fourth-order valence-electron chi connectivity index (χ4n) is 3.50. The summed E-state index contributed by atoms with van der Waals surface area (Å²) >= 11 is 0. The average Bonchev–Trinajstić information content (AvgIpc) is 2.94. The van der Waals surface area contributed by atoms with Gasteiger partial charge in [0.05, 0.1) is 16.5 Å². The zero-order valence-electron chi connectivity index (χ0n) is 22.4. The molecular formula is C29H31FN4O4S. The molecule has 0 spiro atoms. The minimum absolute atomic E-state index is 0.228. The van der Waals surface area contributed by atoms with Crippen molar-refractivity contribution in [2.45, 2.75) is 27.2 Å². The molecule has 3 aromatic rings. The van der Waals surface area contributed by atoms with Crippen LogP contribution < -0.4 is 20.7 Å². The van der Waals surface area contributed by atoms with Gasteiger partial charge >= 0.3 is 0 Å². The standard InChI is InChI=1S/C29H31FN4O4S/c1-6-18(2)29(39(5)37)34-26(20-7-9-21(30)10-8-20)19(3)27(35)33-22-11-13-23(14-12-22)38-24-15-16-32-25(17-24)28(36)31-4/h7-17,34H,6H2,1-5H3,(H,31,36)(H,33,35)/b26-19+,29-18-. The molecule has 1 atom stereocenters. The normalized spacial score (nSPS) is 13.0. The SMILES string of the molecule is CC/C(C)=C(/N/C(=C(\C)C(=O)Nc1ccc(Oc2ccnc(C(=O)NC)c2)cc1)c1ccc(F)cc1)S(C)=O. The third-order valence-electron chi connectivity index (χ3n) is 5.83. The Morgan fingerprint density at radius 3 is 2.26 bits per heavy atom. The van der Waals surface area contributed by atoms with Gasteiger partial charge in [-0.15, -0.1) is 0 Å². The van der Waals surface area contributed by atoms with Gasteiger partial charge in [0.15, 0.2) is 0 Å². The monoisotopic (exact) mass is 550 g/mol. The number of hydrogen-bond donors (Lipinski definition) is 3. The Morgan fingerprint density at radius 2 is 1.67 bits per heavy atom. The van der Waals surface area contributed by atoms with Crippen LogP contribution in [0.1, 0.15) is 43.2 Å². The number of nitrogens with one attached hydrogen (secondary N) is 3. The second-order valence-corrected chi connectivity index (χ2v) is 9.90. The van der Waals surface area contributed by atoms with E-state index in [0.717, 1.165) is 5.57 Å². The fourth-order valence-corrected chi connectivity index (χ4v) is 4.39. The average molecular weight is 551 g/mol. The molecule has 0 saturated carbocycles. The number of carbonyl (C=O) groups is 2. The van der Waals surface area contributed by atoms with Gasteiger partial charge in [-0.1, -0.05) is 6.92 Å². The van der Waals surface area contributed by atoms with E-state index in [0.29, 0.717) is 45.5 Å². The van der Waals surface area contributed by atoms with Gasteiger partial charge in [0.1, 0.15) is 28.0 Å². The highest BCUT2D eigenvalue weighted by Crippen LogP contribution is 2.25. The smallest absolute Gasteiger partial charge is 0.269 e. The first-order valence-electron chi connectivity index (χ1n) is 12.2. The first-order valence-corrected chi connectivity index (χ1v) is 13.7. The van der Waals surface area contributed by atoms with E-state index >= 15 is 0 Å². The van der Waals surface area contributed by atoms with Crippen molar-refractivity contribution in [1.29, 1.82) is 0 Å². The van der Waals surface area contributed by atoms with Crippen molar-refractivity contribution in [3.05, 3.63) is 100 Å². The van der Waals surface area contributed by atoms with Crippen molar-refractivity contribution in [3.8, 4) is 11.5 Å². The molecule has 1 heterocycles. The van der Waals surface area contributed by atoms with Crippen LogP contribution in [0.3, 0.4) is 0 Å². The summed E-state index contributed by atoms with van der Waals surface area (Å²) < 4.78 is 31.9. The predicted octanol–water partition coefficient (Wildman–Crippen LogP) is 5.35. The van der Waals surface area contributed by atoms with Crippen LogP contribution in [0, 0.1) is 5.82 Å². The van der Waals surface area contributed by atoms with Crippen LogP contribution >= 0.6 is 0 Å². The number of carbonyl (C=O) groups excluding carboxylic acids is 2. The van der Waals surface area contributed by atoms with E-state index in [4.69, 9.17) is 4.74 Å². The number of hydrogen-bond acceptors (Lipinski definition) is 6. The number of amides is 2. The summed E-state index contributed by atoms with van der Waals surface area (Å²) in [6.07, 6.45) is 3.71. The number of nitrogens with zero attached hydrogens (tertiary/aromatic N) is 1. The molecule has 0 radical (unpaired) electrons. The summed E-state index contributed by atoms with van der Waals surface area (Å²) in [4.78, 5) is 29.1. The third kappa shape index (κ3) is 7.84. The van der Waals surface area contributed by atoms with Gasteiger partial charge in [0.2, 0.25) is 0 Å². The molecule has 0 aliphatic heterocycles. The van der Waals surface area contributed by atoms with E-state index in [1.54, 1.807) is 55.6 Å². The fraction of sp³-hybridized carbons (Fsp3) is 0.207. The van der Waals surface area contributed by atoms with Crippen LogP contribution in [0.5, 0.6) is 11.5 Å². The Labute approximate surface area is 229 Å². The van der Waals surface area contributed by atoms with Gasteiger partial charge in [-0.2, -0.15) is 0 Å². The predicted molar refractivity (Wildman–Crippen MR) is 152 cm³/mol. The van der Waals surface area contributed by atoms with Gasteiger partial charge in [0, 0.05) is 36.8 Å². The minimum Gasteiger partial charge on any atom is -0.457 e. The van der Waals surface area contributed by atoms with E-state index in [9.17, 15) is 18.2 Å². The molecule has 0 aliphatic rings. The molecule has 3 rings (SSSR count). The number of halogens is 1. The summed E-state index contributed by atoms with van der Waals surface area (Å²) in [5.41, 5.74) is 2.96. The number of rotatable bonds is 10. The van der Waals surface area contributed by atoms with Crippen molar-refractivity contribution >= 4 is 34.0 Å². The lowest BCUT2D eigenvalue weighted by Gasteiger charge is -2.18. The molecular weight excluding hydrogens is 519 g/mol. The molecule has 10 heteroatoms. The van der Waals surface area contributed by atoms with Crippen molar-refractivity contribution < 1.29 is 22.9 Å². The lowest BCUT2D eigenvalue weighted by molar-refractivity contribution is -0.112. The molecule has 0 aliphatic carbocycles. The van der Waals surface area contributed by atoms with Crippen LogP contribution in [-0.2, 0) is 15.6 Å². The highest BCUT2D eigenvalue weighted by atomic mass is 32.2. The van der Waals surface area contributed by atoms with E-state index in [1.165, 1.54) is 31.4 Å². The van der Waals surface area contributed by atoms with E-state index < -0.39 is 22.5 Å². The molecule has 204 valence electrons. The topological polar surface area (TPSA) is 109 Å². The molecule has 39 heavy (non-hydrogen) atoms. The Morgan fingerprint density at radius 1 is 1.00 bits per heavy atom. The highest BCUT2D eigenvalue weighted by Gasteiger charge is 2.17. The lowest BCUT2D eigenvalue weighted by Crippen LogP contribution is -2.22. The zero-order valence-corrected chi connectivity index (χ0v) is 23.2. The van der Waals surface area contributed by atoms with E-state index in [1.807, 2.05) is 13.8 Å². The maximum atomic E-state index is 13.6. The van der Waals surface area contributed by atoms with Crippen molar-refractivity contribution in [3.63, 3.8) is 0 Å². The van der Waals surface area contributed by atoms with E-state index in [-0.39, 0.29) is 11.6 Å². The number of benzene rings is 2. The quantitative estimate of drug-likeness (QED) is 0.294. The zero-order chi connectivity index (χ0) is 28.5. The molecule has 8 nitrogen and oxygen atoms in total. The Kier molecular flexibility index (Phi) is 10.1. The van der Waals surface area contributed by atoms with Gasteiger partial charge in [-0.25, -0.2) is 4.39 Å². The summed E-state index contributed by atoms with van der Waals surface area (Å²) in [5.74, 6) is -0.185. The summed E-state index contributed by atoms with van der Waals surface area (Å²) in [5, 5.41) is 9.05. The number of allylic oxidation sites excluding steroid dienone is 1. The Bertz CT molecular complexity index is 1430. The largest absolute Gasteiger partial charge is 0.457 e. The summed E-state index contributed by atoms with van der Waals surface area (Å²) in [6.45, 7) is 5.47. The van der Waals surface area contributed by atoms with Gasteiger partial charge in [0.25, 0.3) is 11.8 Å².